The maximum absolute atomic E-state index is 12.9. The lowest BCUT2D eigenvalue weighted by Gasteiger charge is -2.22. The lowest BCUT2D eigenvalue weighted by molar-refractivity contribution is -0.139. The van der Waals surface area contributed by atoms with Crippen LogP contribution >= 0.6 is 0 Å². The maximum Gasteiger partial charge on any atom is 0.419 e. The number of halogens is 3. The summed E-state index contributed by atoms with van der Waals surface area (Å²) in [5.41, 5.74) is -0.887. The molecule has 5 nitrogen and oxygen atoms in total. The number of nitrogens with one attached hydrogen (secondary N) is 1. The summed E-state index contributed by atoms with van der Waals surface area (Å²) in [5, 5.41) is 13.2. The summed E-state index contributed by atoms with van der Waals surface area (Å²) in [6.45, 7) is 1.59. The first-order valence-corrected chi connectivity index (χ1v) is 8.69. The van der Waals surface area contributed by atoms with Crippen molar-refractivity contribution in [1.82, 2.24) is 10.2 Å². The molecule has 1 amide bonds. The van der Waals surface area contributed by atoms with Gasteiger partial charge in [-0.1, -0.05) is 12.1 Å². The number of benzene rings is 1. The normalized spacial score (nSPS) is 18.6. The highest BCUT2D eigenvalue weighted by Gasteiger charge is 2.34. The number of para-hydroxylation sites is 1. The topological polar surface area (TPSA) is 61.8 Å². The molecule has 1 saturated heterocycles. The molecule has 1 aliphatic heterocycles. The number of aliphatic hydroxyl groups excluding tert-OH is 1. The van der Waals surface area contributed by atoms with Crippen molar-refractivity contribution < 1.29 is 27.8 Å². The number of ether oxygens (including phenoxy) is 1. The first-order chi connectivity index (χ1) is 12.3. The van der Waals surface area contributed by atoms with E-state index in [1.165, 1.54) is 23.1 Å². The minimum atomic E-state index is -4.52. The Kier molecular flexibility index (Phi) is 7.28. The summed E-state index contributed by atoms with van der Waals surface area (Å²) in [6.07, 6.45) is -3.34. The van der Waals surface area contributed by atoms with Crippen LogP contribution in [-0.4, -0.2) is 55.3 Å². The van der Waals surface area contributed by atoms with Crippen molar-refractivity contribution in [3.63, 3.8) is 0 Å². The smallest absolute Gasteiger partial charge is 0.419 e. The third-order valence-electron chi connectivity index (χ3n) is 4.46. The third kappa shape index (κ3) is 6.17. The minimum Gasteiger partial charge on any atom is -0.490 e. The summed E-state index contributed by atoms with van der Waals surface area (Å²) < 4.78 is 43.8. The van der Waals surface area contributed by atoms with Gasteiger partial charge in [-0.2, -0.15) is 13.2 Å². The molecule has 0 aliphatic carbocycles. The highest BCUT2D eigenvalue weighted by atomic mass is 19.4. The van der Waals surface area contributed by atoms with Crippen LogP contribution in [0.1, 0.15) is 24.8 Å². The molecule has 2 atom stereocenters. The zero-order valence-corrected chi connectivity index (χ0v) is 14.8. The predicted octanol–water partition coefficient (Wildman–Crippen LogP) is 2.29. The molecule has 2 N–H and O–H groups in total. The van der Waals surface area contributed by atoms with E-state index in [2.05, 4.69) is 5.32 Å². The second-order valence-electron chi connectivity index (χ2n) is 6.63. The molecule has 1 aliphatic rings. The van der Waals surface area contributed by atoms with Crippen molar-refractivity contribution in [2.45, 2.75) is 31.5 Å². The van der Waals surface area contributed by atoms with Crippen molar-refractivity contribution in [2.75, 3.05) is 33.3 Å². The molecular formula is C18H25F3N2O3. The fraction of sp³-hybridized carbons (Fsp3) is 0.611. The van der Waals surface area contributed by atoms with E-state index in [4.69, 9.17) is 4.74 Å². The van der Waals surface area contributed by atoms with E-state index in [0.29, 0.717) is 12.3 Å². The number of nitrogens with zero attached hydrogens (tertiary/aromatic N) is 1. The number of hydrogen-bond donors (Lipinski definition) is 2. The zero-order chi connectivity index (χ0) is 19.2. The minimum absolute atomic E-state index is 0.00986. The Labute approximate surface area is 151 Å². The Morgan fingerprint density at radius 2 is 2.15 bits per heavy atom. The average molecular weight is 374 g/mol. The van der Waals surface area contributed by atoms with Gasteiger partial charge in [0.05, 0.1) is 5.56 Å². The largest absolute Gasteiger partial charge is 0.490 e. The maximum atomic E-state index is 12.9. The van der Waals surface area contributed by atoms with Gasteiger partial charge in [0.2, 0.25) is 5.91 Å². The summed E-state index contributed by atoms with van der Waals surface area (Å²) in [4.78, 5) is 13.5. The molecule has 0 radical (unpaired) electrons. The van der Waals surface area contributed by atoms with Gasteiger partial charge >= 0.3 is 6.18 Å². The lowest BCUT2D eigenvalue weighted by atomic mass is 10.0. The van der Waals surface area contributed by atoms with E-state index in [-0.39, 0.29) is 24.8 Å². The molecule has 1 heterocycles. The Morgan fingerprint density at radius 1 is 1.42 bits per heavy atom. The van der Waals surface area contributed by atoms with Gasteiger partial charge in [-0.05, 0) is 44.0 Å². The summed E-state index contributed by atoms with van der Waals surface area (Å²) in [6, 6.07) is 4.85. The van der Waals surface area contributed by atoms with Crippen LogP contribution in [0.5, 0.6) is 5.75 Å². The van der Waals surface area contributed by atoms with Gasteiger partial charge in [0.15, 0.2) is 0 Å². The van der Waals surface area contributed by atoms with Crippen molar-refractivity contribution >= 4 is 5.91 Å². The molecule has 0 aromatic heterocycles. The first kappa shape index (κ1) is 20.5. The van der Waals surface area contributed by atoms with Crippen LogP contribution in [0, 0.1) is 5.92 Å². The van der Waals surface area contributed by atoms with E-state index in [0.717, 1.165) is 32.0 Å². The monoisotopic (exact) mass is 374 g/mol. The first-order valence-electron chi connectivity index (χ1n) is 8.69. The molecule has 0 spiro atoms. The number of hydrogen-bond acceptors (Lipinski definition) is 4. The van der Waals surface area contributed by atoms with Gasteiger partial charge in [-0.15, -0.1) is 0 Å². The molecule has 0 saturated carbocycles. The van der Waals surface area contributed by atoms with Crippen molar-refractivity contribution in [3.05, 3.63) is 29.8 Å². The van der Waals surface area contributed by atoms with E-state index in [9.17, 15) is 23.1 Å². The summed E-state index contributed by atoms with van der Waals surface area (Å²) in [7, 11) is 1.57. The lowest BCUT2D eigenvalue weighted by Crippen LogP contribution is -2.37. The Hall–Kier alpha value is -1.80. The van der Waals surface area contributed by atoms with Gasteiger partial charge in [0.25, 0.3) is 0 Å². The van der Waals surface area contributed by atoms with Crippen LogP contribution in [0.4, 0.5) is 13.2 Å². The quantitative estimate of drug-likeness (QED) is 0.733. The number of alkyl halides is 3. The van der Waals surface area contributed by atoms with Gasteiger partial charge in [-0.25, -0.2) is 0 Å². The van der Waals surface area contributed by atoms with Gasteiger partial charge in [0, 0.05) is 20.0 Å². The van der Waals surface area contributed by atoms with Crippen LogP contribution in [0.25, 0.3) is 0 Å². The number of carbonyl (C=O) groups excluding carboxylic acids is 1. The molecule has 8 heteroatoms. The standard InChI is InChI=1S/C18H25F3N2O3/c1-23(17(25)7-6-13-8-9-22-10-13)11-14(24)12-26-16-5-3-2-4-15(16)18(19,20)21/h2-5,13-14,22,24H,6-12H2,1H3. The fourth-order valence-electron chi connectivity index (χ4n) is 2.96. The number of likely N-dealkylation sites (N-methyl/N-ethyl adjacent to an activating group) is 1. The van der Waals surface area contributed by atoms with Gasteiger partial charge < -0.3 is 20.1 Å². The van der Waals surface area contributed by atoms with Gasteiger partial charge in [-0.3, -0.25) is 4.79 Å². The summed E-state index contributed by atoms with van der Waals surface area (Å²) >= 11 is 0. The molecule has 0 bridgehead atoms. The van der Waals surface area contributed by atoms with Crippen LogP contribution in [0.15, 0.2) is 24.3 Å². The molecule has 26 heavy (non-hydrogen) atoms. The second-order valence-corrected chi connectivity index (χ2v) is 6.63. The second kappa shape index (κ2) is 9.23. The van der Waals surface area contributed by atoms with Crippen LogP contribution in [-0.2, 0) is 11.0 Å². The van der Waals surface area contributed by atoms with Crippen LogP contribution in [0.3, 0.4) is 0 Å². The van der Waals surface area contributed by atoms with Crippen molar-refractivity contribution in [1.29, 1.82) is 0 Å². The van der Waals surface area contributed by atoms with Crippen LogP contribution in [0.2, 0.25) is 0 Å². The van der Waals surface area contributed by atoms with Crippen molar-refractivity contribution in [3.8, 4) is 5.75 Å². The number of carbonyl (C=O) groups is 1. The van der Waals surface area contributed by atoms with E-state index < -0.39 is 17.8 Å². The highest BCUT2D eigenvalue weighted by Crippen LogP contribution is 2.35. The fourth-order valence-corrected chi connectivity index (χ4v) is 2.96. The van der Waals surface area contributed by atoms with E-state index in [1.807, 2.05) is 0 Å². The average Bonchev–Trinajstić information content (AvgIpc) is 3.10. The number of rotatable bonds is 8. The molecule has 2 unspecified atom stereocenters. The molecule has 1 aromatic rings. The molecule has 2 rings (SSSR count). The Morgan fingerprint density at radius 3 is 2.81 bits per heavy atom. The Balaban J connectivity index is 1.77. The molecular weight excluding hydrogens is 349 g/mol. The SMILES string of the molecule is CN(CC(O)COc1ccccc1C(F)(F)F)C(=O)CCC1CCNC1. The molecule has 1 aromatic carbocycles. The third-order valence-corrected chi connectivity index (χ3v) is 4.46. The number of amides is 1. The van der Waals surface area contributed by atoms with Crippen molar-refractivity contribution in [2.24, 2.45) is 5.92 Å². The van der Waals surface area contributed by atoms with E-state index in [1.54, 1.807) is 7.05 Å². The Bertz CT molecular complexity index is 589. The molecule has 146 valence electrons. The zero-order valence-electron chi connectivity index (χ0n) is 14.8. The highest BCUT2D eigenvalue weighted by molar-refractivity contribution is 5.75. The number of aliphatic hydroxyl groups is 1. The molecule has 1 fully saturated rings. The van der Waals surface area contributed by atoms with Gasteiger partial charge in [0.1, 0.15) is 18.5 Å². The summed E-state index contributed by atoms with van der Waals surface area (Å²) in [5.74, 6) is 0.0767. The van der Waals surface area contributed by atoms with E-state index >= 15 is 0 Å². The predicted molar refractivity (Wildman–Crippen MR) is 90.8 cm³/mol. The van der Waals surface area contributed by atoms with Crippen LogP contribution < -0.4 is 10.1 Å².